The second kappa shape index (κ2) is 4.73. The van der Waals surface area contributed by atoms with Crippen molar-refractivity contribution in [3.8, 4) is 11.1 Å². The predicted molar refractivity (Wildman–Crippen MR) is 85.3 cm³/mol. The first-order valence-electron chi connectivity index (χ1n) is 7.67. The number of hydrogen-bond acceptors (Lipinski definition) is 2. The maximum atomic E-state index is 5.85. The van der Waals surface area contributed by atoms with E-state index in [-0.39, 0.29) is 5.60 Å². The van der Waals surface area contributed by atoms with Crippen LogP contribution in [0.5, 0.6) is 0 Å². The number of benzene rings is 2. The average molecular weight is 277 g/mol. The molecule has 0 bridgehead atoms. The van der Waals surface area contributed by atoms with Crippen LogP contribution in [0.15, 0.2) is 53.7 Å². The molecule has 2 aliphatic rings. The molecule has 106 valence electrons. The maximum Gasteiger partial charge on any atom is 0.168 e. The van der Waals surface area contributed by atoms with Crippen LogP contribution in [0.2, 0.25) is 0 Å². The molecule has 0 N–H and O–H groups in total. The molecule has 2 aromatic rings. The van der Waals surface area contributed by atoms with Gasteiger partial charge >= 0.3 is 0 Å². The maximum absolute atomic E-state index is 5.85. The summed E-state index contributed by atoms with van der Waals surface area (Å²) < 4.78 is 0. The van der Waals surface area contributed by atoms with E-state index in [4.69, 9.17) is 4.84 Å². The van der Waals surface area contributed by atoms with Gasteiger partial charge < -0.3 is 4.84 Å². The number of rotatable bonds is 1. The Labute approximate surface area is 125 Å². The largest absolute Gasteiger partial charge is 0.384 e. The third kappa shape index (κ3) is 2.06. The smallest absolute Gasteiger partial charge is 0.168 e. The Morgan fingerprint density at radius 2 is 1.90 bits per heavy atom. The summed E-state index contributed by atoms with van der Waals surface area (Å²) in [6.07, 6.45) is 4.32. The Kier molecular flexibility index (Phi) is 2.85. The Hall–Kier alpha value is -2.09. The molecule has 2 heteroatoms. The van der Waals surface area contributed by atoms with Gasteiger partial charge in [-0.05, 0) is 42.9 Å². The molecule has 0 fully saturated rings. The van der Waals surface area contributed by atoms with Crippen molar-refractivity contribution in [2.75, 3.05) is 0 Å². The van der Waals surface area contributed by atoms with Crippen molar-refractivity contribution in [1.29, 1.82) is 0 Å². The molecule has 2 nitrogen and oxygen atoms in total. The lowest BCUT2D eigenvalue weighted by molar-refractivity contribution is -0.0362. The normalized spacial score (nSPS) is 23.6. The van der Waals surface area contributed by atoms with E-state index < -0.39 is 0 Å². The highest BCUT2D eigenvalue weighted by Gasteiger charge is 2.42. The van der Waals surface area contributed by atoms with Crippen molar-refractivity contribution in [1.82, 2.24) is 0 Å². The summed E-state index contributed by atoms with van der Waals surface area (Å²) in [6.45, 7) is 2.06. The Balaban J connectivity index is 1.76. The predicted octanol–water partition coefficient (Wildman–Crippen LogP) is 4.68. The van der Waals surface area contributed by atoms with E-state index in [2.05, 4.69) is 60.6 Å². The SMILES string of the molecule is CC1=NO[C@]2(CCCc3cc(-c4ccccc4)ccc32)C1. The molecule has 21 heavy (non-hydrogen) atoms. The van der Waals surface area contributed by atoms with Crippen molar-refractivity contribution < 1.29 is 4.84 Å². The van der Waals surface area contributed by atoms with E-state index in [1.54, 1.807) is 0 Å². The first-order valence-corrected chi connectivity index (χ1v) is 7.67. The molecule has 0 unspecified atom stereocenters. The monoisotopic (exact) mass is 277 g/mol. The molecule has 0 saturated carbocycles. The van der Waals surface area contributed by atoms with Crippen molar-refractivity contribution in [3.63, 3.8) is 0 Å². The van der Waals surface area contributed by atoms with Crippen molar-refractivity contribution in [2.45, 2.75) is 38.2 Å². The van der Waals surface area contributed by atoms with Crippen molar-refractivity contribution >= 4 is 5.71 Å². The zero-order valence-electron chi connectivity index (χ0n) is 12.3. The van der Waals surface area contributed by atoms with E-state index in [9.17, 15) is 0 Å². The number of nitrogens with zero attached hydrogens (tertiary/aromatic N) is 1. The highest BCUT2D eigenvalue weighted by molar-refractivity contribution is 5.84. The van der Waals surface area contributed by atoms with Gasteiger partial charge in [-0.3, -0.25) is 0 Å². The van der Waals surface area contributed by atoms with Gasteiger partial charge in [0.2, 0.25) is 0 Å². The Bertz CT molecular complexity index is 705. The molecule has 1 aliphatic heterocycles. The van der Waals surface area contributed by atoms with Gasteiger partial charge in [0.1, 0.15) is 0 Å². The second-order valence-corrected chi connectivity index (χ2v) is 6.18. The van der Waals surface area contributed by atoms with Crippen LogP contribution in [-0.4, -0.2) is 5.71 Å². The highest BCUT2D eigenvalue weighted by atomic mass is 16.7. The van der Waals surface area contributed by atoms with E-state index in [1.807, 2.05) is 0 Å². The number of aryl methyl sites for hydroxylation is 1. The van der Waals surface area contributed by atoms with Gasteiger partial charge in [-0.2, -0.15) is 0 Å². The van der Waals surface area contributed by atoms with E-state index in [1.165, 1.54) is 28.7 Å². The Morgan fingerprint density at radius 1 is 1.05 bits per heavy atom. The summed E-state index contributed by atoms with van der Waals surface area (Å²) in [7, 11) is 0. The highest BCUT2D eigenvalue weighted by Crippen LogP contribution is 2.45. The summed E-state index contributed by atoms with van der Waals surface area (Å²) in [5, 5.41) is 4.21. The molecule has 0 saturated heterocycles. The molecule has 0 radical (unpaired) electrons. The number of oxime groups is 1. The van der Waals surface area contributed by atoms with Gasteiger partial charge in [0, 0.05) is 12.0 Å². The van der Waals surface area contributed by atoms with E-state index in [0.717, 1.165) is 25.0 Å². The summed E-state index contributed by atoms with van der Waals surface area (Å²) >= 11 is 0. The minimum absolute atomic E-state index is 0.188. The molecule has 1 heterocycles. The minimum Gasteiger partial charge on any atom is -0.384 e. The first kappa shape index (κ1) is 12.6. The van der Waals surface area contributed by atoms with Gasteiger partial charge in [-0.1, -0.05) is 53.7 Å². The van der Waals surface area contributed by atoms with Crippen molar-refractivity contribution in [3.05, 3.63) is 59.7 Å². The lowest BCUT2D eigenvalue weighted by Crippen LogP contribution is -2.30. The molecular weight excluding hydrogens is 258 g/mol. The summed E-state index contributed by atoms with van der Waals surface area (Å²) in [4.78, 5) is 5.85. The standard InChI is InChI=1S/C19H19NO/c1-14-13-19(21-20-14)11-5-8-17-12-16(9-10-18(17)19)15-6-3-2-4-7-15/h2-4,6-7,9-10,12H,5,8,11,13H2,1H3/t19-/m1/s1. The van der Waals surface area contributed by atoms with Crippen molar-refractivity contribution in [2.24, 2.45) is 5.16 Å². The zero-order chi connectivity index (χ0) is 14.3. The fraction of sp³-hybridized carbons (Fsp3) is 0.316. The van der Waals surface area contributed by atoms with Gasteiger partial charge in [0.05, 0.1) is 5.71 Å². The first-order chi connectivity index (χ1) is 10.3. The lowest BCUT2D eigenvalue weighted by Gasteiger charge is -2.33. The van der Waals surface area contributed by atoms with Crippen LogP contribution in [0.4, 0.5) is 0 Å². The second-order valence-electron chi connectivity index (χ2n) is 6.18. The molecule has 0 amide bonds. The summed E-state index contributed by atoms with van der Waals surface area (Å²) in [5.41, 5.74) is 6.26. The van der Waals surface area contributed by atoms with Gasteiger partial charge in [-0.25, -0.2) is 0 Å². The van der Waals surface area contributed by atoms with Crippen LogP contribution in [-0.2, 0) is 16.9 Å². The summed E-state index contributed by atoms with van der Waals surface area (Å²) in [6, 6.07) is 17.4. The minimum atomic E-state index is -0.188. The Morgan fingerprint density at radius 3 is 2.67 bits per heavy atom. The van der Waals surface area contributed by atoms with Crippen LogP contribution < -0.4 is 0 Å². The molecule has 1 atom stereocenters. The summed E-state index contributed by atoms with van der Waals surface area (Å²) in [5.74, 6) is 0. The van der Waals surface area contributed by atoms with Crippen LogP contribution in [0.1, 0.15) is 37.3 Å². The van der Waals surface area contributed by atoms with Gasteiger partial charge in [0.25, 0.3) is 0 Å². The zero-order valence-corrected chi connectivity index (χ0v) is 12.3. The molecule has 1 aliphatic carbocycles. The van der Waals surface area contributed by atoms with Crippen LogP contribution in [0, 0.1) is 0 Å². The van der Waals surface area contributed by atoms with Gasteiger partial charge in [0.15, 0.2) is 5.60 Å². The quantitative estimate of drug-likeness (QED) is 0.741. The molecule has 2 aromatic carbocycles. The number of fused-ring (bicyclic) bond motifs is 2. The molecule has 4 rings (SSSR count). The third-order valence-corrected chi connectivity index (χ3v) is 4.65. The van der Waals surface area contributed by atoms with Gasteiger partial charge in [-0.15, -0.1) is 0 Å². The molecule has 0 aromatic heterocycles. The molecular formula is C19H19NO. The van der Waals surface area contributed by atoms with E-state index in [0.29, 0.717) is 0 Å². The fourth-order valence-corrected chi connectivity index (χ4v) is 3.68. The third-order valence-electron chi connectivity index (χ3n) is 4.65. The molecule has 1 spiro atoms. The average Bonchev–Trinajstić information content (AvgIpc) is 2.90. The number of hydrogen-bond donors (Lipinski definition) is 0. The van der Waals surface area contributed by atoms with Crippen LogP contribution in [0.3, 0.4) is 0 Å². The van der Waals surface area contributed by atoms with E-state index >= 15 is 0 Å². The van der Waals surface area contributed by atoms with Crippen LogP contribution >= 0.6 is 0 Å². The van der Waals surface area contributed by atoms with Crippen LogP contribution in [0.25, 0.3) is 11.1 Å². The topological polar surface area (TPSA) is 21.6 Å². The fourth-order valence-electron chi connectivity index (χ4n) is 3.68. The lowest BCUT2D eigenvalue weighted by atomic mass is 9.76.